The number of aromatic nitrogens is 1. The van der Waals surface area contributed by atoms with Crippen LogP contribution in [-0.4, -0.2) is 10.9 Å². The second kappa shape index (κ2) is 5.99. The van der Waals surface area contributed by atoms with Crippen molar-refractivity contribution in [3.63, 3.8) is 0 Å². The van der Waals surface area contributed by atoms with Crippen LogP contribution in [0, 0.1) is 24.5 Å². The molecule has 3 aromatic rings. The van der Waals surface area contributed by atoms with E-state index < -0.39 is 11.6 Å². The van der Waals surface area contributed by atoms with E-state index in [-0.39, 0.29) is 17.5 Å². The molecule has 1 aliphatic carbocycles. The first-order chi connectivity index (χ1) is 12.0. The van der Waals surface area contributed by atoms with Gasteiger partial charge in [0.05, 0.1) is 0 Å². The van der Waals surface area contributed by atoms with E-state index >= 15 is 0 Å². The summed E-state index contributed by atoms with van der Waals surface area (Å²) in [5, 5.41) is 3.87. The third-order valence-corrected chi connectivity index (χ3v) is 4.90. The van der Waals surface area contributed by atoms with Gasteiger partial charge < -0.3 is 10.3 Å². The summed E-state index contributed by atoms with van der Waals surface area (Å²) >= 11 is 0. The van der Waals surface area contributed by atoms with Crippen molar-refractivity contribution < 1.29 is 13.6 Å². The second-order valence-electron chi connectivity index (χ2n) is 6.69. The summed E-state index contributed by atoms with van der Waals surface area (Å²) in [5.41, 5.74) is 4.94. The van der Waals surface area contributed by atoms with Crippen LogP contribution >= 0.6 is 0 Å². The Labute approximate surface area is 144 Å². The van der Waals surface area contributed by atoms with Gasteiger partial charge in [0.25, 0.3) is 0 Å². The number of carbonyl (C=O) groups excluding carboxylic acids is 1. The first-order valence-electron chi connectivity index (χ1n) is 8.37. The first kappa shape index (κ1) is 15.8. The van der Waals surface area contributed by atoms with Crippen LogP contribution in [-0.2, 0) is 17.6 Å². The van der Waals surface area contributed by atoms with Gasteiger partial charge in [0.15, 0.2) is 11.6 Å². The number of hydrogen-bond donors (Lipinski definition) is 2. The molecule has 1 aliphatic rings. The number of H-pyrrole nitrogens is 1. The fourth-order valence-electron chi connectivity index (χ4n) is 3.57. The number of aryl methyl sites for hydroxylation is 2. The van der Waals surface area contributed by atoms with Gasteiger partial charge in [0, 0.05) is 34.3 Å². The van der Waals surface area contributed by atoms with Gasteiger partial charge in [-0.2, -0.15) is 0 Å². The molecular formula is C20H18F2N2O. The van der Waals surface area contributed by atoms with Crippen molar-refractivity contribution in [2.75, 3.05) is 5.32 Å². The van der Waals surface area contributed by atoms with E-state index in [0.29, 0.717) is 6.42 Å². The third kappa shape index (κ3) is 2.90. The zero-order chi connectivity index (χ0) is 17.6. The van der Waals surface area contributed by atoms with Crippen molar-refractivity contribution >= 4 is 22.5 Å². The number of nitrogens with one attached hydrogen (secondary N) is 2. The number of benzene rings is 2. The minimum Gasteiger partial charge on any atom is -0.358 e. The zero-order valence-electron chi connectivity index (χ0n) is 13.8. The molecule has 1 amide bonds. The largest absolute Gasteiger partial charge is 0.358 e. The highest BCUT2D eigenvalue weighted by molar-refractivity contribution is 5.94. The lowest BCUT2D eigenvalue weighted by molar-refractivity contribution is -0.120. The Morgan fingerprint density at radius 2 is 2.00 bits per heavy atom. The Balaban J connectivity index is 1.57. The number of halogens is 2. The first-order valence-corrected chi connectivity index (χ1v) is 8.37. The fourth-order valence-corrected chi connectivity index (χ4v) is 3.57. The standard InChI is InChI=1S/C20H18F2N2O/c1-11-2-6-18-14(8-11)15-9-12(3-7-19(15)24-18)20(25)23-13-4-5-16(21)17(22)10-13/h2,4-6,8,10,12,24H,3,7,9H2,1H3,(H,23,25). The van der Waals surface area contributed by atoms with Gasteiger partial charge in [-0.3, -0.25) is 4.79 Å². The number of aromatic amines is 1. The van der Waals surface area contributed by atoms with Crippen molar-refractivity contribution in [2.24, 2.45) is 5.92 Å². The fraction of sp³-hybridized carbons (Fsp3) is 0.250. The number of hydrogen-bond acceptors (Lipinski definition) is 1. The Morgan fingerprint density at radius 3 is 2.80 bits per heavy atom. The van der Waals surface area contributed by atoms with E-state index in [0.717, 1.165) is 30.5 Å². The number of fused-ring (bicyclic) bond motifs is 3. The van der Waals surface area contributed by atoms with E-state index in [2.05, 4.69) is 35.4 Å². The quantitative estimate of drug-likeness (QED) is 0.709. The van der Waals surface area contributed by atoms with Crippen molar-refractivity contribution in [2.45, 2.75) is 26.2 Å². The van der Waals surface area contributed by atoms with Gasteiger partial charge in [-0.1, -0.05) is 11.6 Å². The average molecular weight is 340 g/mol. The highest BCUT2D eigenvalue weighted by Gasteiger charge is 2.27. The summed E-state index contributed by atoms with van der Waals surface area (Å²) in [6.07, 6.45) is 2.18. The Morgan fingerprint density at radius 1 is 1.16 bits per heavy atom. The molecule has 0 bridgehead atoms. The van der Waals surface area contributed by atoms with Gasteiger partial charge in [0.2, 0.25) is 5.91 Å². The van der Waals surface area contributed by atoms with E-state index in [4.69, 9.17) is 0 Å². The number of amides is 1. The van der Waals surface area contributed by atoms with Gasteiger partial charge in [-0.25, -0.2) is 8.78 Å². The second-order valence-corrected chi connectivity index (χ2v) is 6.69. The topological polar surface area (TPSA) is 44.9 Å². The van der Waals surface area contributed by atoms with E-state index in [9.17, 15) is 13.6 Å². The van der Waals surface area contributed by atoms with Gasteiger partial charge >= 0.3 is 0 Å². The van der Waals surface area contributed by atoms with Crippen LogP contribution < -0.4 is 5.32 Å². The molecule has 128 valence electrons. The number of anilines is 1. The predicted octanol–water partition coefficient (Wildman–Crippen LogP) is 4.50. The zero-order valence-corrected chi connectivity index (χ0v) is 13.8. The maximum absolute atomic E-state index is 13.3. The lowest BCUT2D eigenvalue weighted by Gasteiger charge is -2.22. The number of rotatable bonds is 2. The summed E-state index contributed by atoms with van der Waals surface area (Å²) in [4.78, 5) is 16.0. The lowest BCUT2D eigenvalue weighted by atomic mass is 9.85. The van der Waals surface area contributed by atoms with E-state index in [1.54, 1.807) is 0 Å². The van der Waals surface area contributed by atoms with Crippen LogP contribution in [0.2, 0.25) is 0 Å². The van der Waals surface area contributed by atoms with Gasteiger partial charge in [0.1, 0.15) is 0 Å². The highest BCUT2D eigenvalue weighted by atomic mass is 19.2. The van der Waals surface area contributed by atoms with Crippen molar-refractivity contribution in [1.82, 2.24) is 4.98 Å². The van der Waals surface area contributed by atoms with Crippen LogP contribution in [0.4, 0.5) is 14.5 Å². The molecule has 0 spiro atoms. The van der Waals surface area contributed by atoms with Gasteiger partial charge in [-0.05, 0) is 56.0 Å². The molecule has 2 aromatic carbocycles. The minimum atomic E-state index is -0.962. The summed E-state index contributed by atoms with van der Waals surface area (Å²) in [7, 11) is 0. The molecule has 2 N–H and O–H groups in total. The molecule has 0 fully saturated rings. The summed E-state index contributed by atoms with van der Waals surface area (Å²) in [6, 6.07) is 9.68. The SMILES string of the molecule is Cc1ccc2[nH]c3c(c2c1)CC(C(=O)Nc1ccc(F)c(F)c1)CC3. The van der Waals surface area contributed by atoms with E-state index in [1.807, 2.05) is 0 Å². The highest BCUT2D eigenvalue weighted by Crippen LogP contribution is 2.33. The summed E-state index contributed by atoms with van der Waals surface area (Å²) in [6.45, 7) is 2.05. The van der Waals surface area contributed by atoms with Crippen molar-refractivity contribution in [1.29, 1.82) is 0 Å². The van der Waals surface area contributed by atoms with Crippen LogP contribution in [0.5, 0.6) is 0 Å². The Bertz CT molecular complexity index is 977. The third-order valence-electron chi connectivity index (χ3n) is 4.90. The Kier molecular flexibility index (Phi) is 3.79. The molecule has 3 nitrogen and oxygen atoms in total. The smallest absolute Gasteiger partial charge is 0.227 e. The maximum Gasteiger partial charge on any atom is 0.227 e. The van der Waals surface area contributed by atoms with Gasteiger partial charge in [-0.15, -0.1) is 0 Å². The van der Waals surface area contributed by atoms with Crippen LogP contribution in [0.15, 0.2) is 36.4 Å². The van der Waals surface area contributed by atoms with Crippen LogP contribution in [0.25, 0.3) is 10.9 Å². The molecule has 0 saturated carbocycles. The molecule has 1 aromatic heterocycles. The van der Waals surface area contributed by atoms with Crippen molar-refractivity contribution in [3.8, 4) is 0 Å². The molecule has 0 saturated heterocycles. The molecule has 5 heteroatoms. The molecule has 0 radical (unpaired) electrons. The lowest BCUT2D eigenvalue weighted by Crippen LogP contribution is -2.28. The summed E-state index contributed by atoms with van der Waals surface area (Å²) < 4.78 is 26.3. The predicted molar refractivity (Wildman–Crippen MR) is 93.5 cm³/mol. The molecule has 0 aliphatic heterocycles. The molecule has 1 heterocycles. The monoisotopic (exact) mass is 340 g/mol. The average Bonchev–Trinajstić information content (AvgIpc) is 2.95. The maximum atomic E-state index is 13.3. The van der Waals surface area contributed by atoms with E-state index in [1.165, 1.54) is 28.3 Å². The summed E-state index contributed by atoms with van der Waals surface area (Å²) in [5.74, 6) is -2.22. The van der Waals surface area contributed by atoms with Crippen LogP contribution in [0.3, 0.4) is 0 Å². The van der Waals surface area contributed by atoms with Crippen LogP contribution in [0.1, 0.15) is 23.2 Å². The molecular weight excluding hydrogens is 322 g/mol. The van der Waals surface area contributed by atoms with Crippen molar-refractivity contribution in [3.05, 3.63) is 64.9 Å². The normalized spacial score (nSPS) is 16.7. The molecule has 1 atom stereocenters. The molecule has 1 unspecified atom stereocenters. The number of carbonyl (C=O) groups is 1. The minimum absolute atomic E-state index is 0.154. The molecule has 25 heavy (non-hydrogen) atoms. The Hall–Kier alpha value is -2.69. The molecule has 4 rings (SSSR count).